The van der Waals surface area contributed by atoms with E-state index in [1.165, 1.54) is 6.20 Å². The largest absolute Gasteiger partial charge is 0.380 e. The number of anilines is 3. The van der Waals surface area contributed by atoms with Crippen LogP contribution in [0.15, 0.2) is 30.5 Å². The molecule has 2 atom stereocenters. The number of aromatic nitrogens is 2. The van der Waals surface area contributed by atoms with Gasteiger partial charge in [-0.15, -0.1) is 0 Å². The van der Waals surface area contributed by atoms with Crippen LogP contribution in [-0.4, -0.2) is 48.2 Å². The van der Waals surface area contributed by atoms with E-state index in [0.717, 1.165) is 6.42 Å². The predicted molar refractivity (Wildman–Crippen MR) is 101 cm³/mol. The minimum absolute atomic E-state index is 0.118. The van der Waals surface area contributed by atoms with E-state index in [4.69, 9.17) is 22.1 Å². The monoisotopic (exact) mass is 376 g/mol. The average molecular weight is 377 g/mol. The van der Waals surface area contributed by atoms with E-state index < -0.39 is 5.91 Å². The highest BCUT2D eigenvalue weighted by atomic mass is 35.5. The Morgan fingerprint density at radius 1 is 1.38 bits per heavy atom. The van der Waals surface area contributed by atoms with Crippen molar-refractivity contribution in [1.29, 1.82) is 0 Å². The van der Waals surface area contributed by atoms with Crippen LogP contribution in [0, 0.1) is 0 Å². The van der Waals surface area contributed by atoms with Crippen LogP contribution < -0.4 is 21.7 Å². The van der Waals surface area contributed by atoms with E-state index in [-0.39, 0.29) is 17.6 Å². The first-order chi connectivity index (χ1) is 12.6. The summed E-state index contributed by atoms with van der Waals surface area (Å²) in [5, 5.41) is 10.2. The molecule has 138 valence electrons. The van der Waals surface area contributed by atoms with Gasteiger partial charge in [-0.25, -0.2) is 4.98 Å². The lowest BCUT2D eigenvalue weighted by atomic mass is 10.0. The Hall–Kier alpha value is -2.42. The number of likely N-dealkylation sites (N-methyl/N-ethyl adjacent to an activating group) is 1. The van der Waals surface area contributed by atoms with Gasteiger partial charge in [0.05, 0.1) is 12.6 Å². The molecule has 1 aliphatic rings. The summed E-state index contributed by atoms with van der Waals surface area (Å²) >= 11 is 6.01. The van der Waals surface area contributed by atoms with Gasteiger partial charge in [0.2, 0.25) is 5.95 Å². The Kier molecular flexibility index (Phi) is 5.87. The number of rotatable bonds is 6. The van der Waals surface area contributed by atoms with Crippen LogP contribution in [-0.2, 0) is 4.74 Å². The highest BCUT2D eigenvalue weighted by Gasteiger charge is 2.25. The third kappa shape index (κ3) is 4.40. The fraction of sp³-hybridized carbons (Fsp3) is 0.353. The second-order valence-corrected chi connectivity index (χ2v) is 6.40. The van der Waals surface area contributed by atoms with Gasteiger partial charge in [-0.05, 0) is 31.7 Å². The van der Waals surface area contributed by atoms with E-state index in [2.05, 4.69) is 25.9 Å². The Labute approximate surface area is 156 Å². The number of nitrogens with one attached hydrogen (secondary N) is 3. The Bertz CT molecular complexity index is 788. The van der Waals surface area contributed by atoms with Crippen molar-refractivity contribution in [3.8, 4) is 0 Å². The molecule has 1 aromatic heterocycles. The molecule has 1 saturated heterocycles. The zero-order valence-corrected chi connectivity index (χ0v) is 15.1. The molecule has 8 nitrogen and oxygen atoms in total. The molecule has 0 aliphatic carbocycles. The molecule has 0 bridgehead atoms. The first-order valence-electron chi connectivity index (χ1n) is 8.28. The van der Waals surface area contributed by atoms with Crippen LogP contribution in [0.4, 0.5) is 17.5 Å². The SMILES string of the molecule is CN[C@H]1COCC[C@H]1Nc1ncc(C(N)=O)c(Nc2cccc(Cl)c2)n1. The van der Waals surface area contributed by atoms with Crippen molar-refractivity contribution in [2.24, 2.45) is 5.73 Å². The molecule has 26 heavy (non-hydrogen) atoms. The van der Waals surface area contributed by atoms with Crippen molar-refractivity contribution in [2.45, 2.75) is 18.5 Å². The summed E-state index contributed by atoms with van der Waals surface area (Å²) in [6.45, 7) is 1.28. The van der Waals surface area contributed by atoms with Crippen molar-refractivity contribution >= 4 is 35.0 Å². The number of benzene rings is 1. The molecule has 5 N–H and O–H groups in total. The molecule has 0 radical (unpaired) electrons. The molecule has 3 rings (SSSR count). The van der Waals surface area contributed by atoms with Gasteiger partial charge in [0, 0.05) is 29.6 Å². The highest BCUT2D eigenvalue weighted by Crippen LogP contribution is 2.23. The molecule has 0 unspecified atom stereocenters. The molecule has 9 heteroatoms. The summed E-state index contributed by atoms with van der Waals surface area (Å²) in [7, 11) is 1.89. The lowest BCUT2D eigenvalue weighted by molar-refractivity contribution is 0.0656. The summed E-state index contributed by atoms with van der Waals surface area (Å²) in [4.78, 5) is 20.4. The molecule has 1 aliphatic heterocycles. The van der Waals surface area contributed by atoms with Crippen LogP contribution in [0.3, 0.4) is 0 Å². The van der Waals surface area contributed by atoms with Gasteiger partial charge >= 0.3 is 0 Å². The number of carbonyl (C=O) groups is 1. The van der Waals surface area contributed by atoms with Crippen LogP contribution in [0.2, 0.25) is 5.02 Å². The number of halogens is 1. The van der Waals surface area contributed by atoms with E-state index in [1.54, 1.807) is 18.2 Å². The number of nitrogens with two attached hydrogens (primary N) is 1. The van der Waals surface area contributed by atoms with Gasteiger partial charge in [-0.3, -0.25) is 4.79 Å². The van der Waals surface area contributed by atoms with Gasteiger partial charge in [-0.1, -0.05) is 17.7 Å². The molecule has 1 amide bonds. The molecule has 0 saturated carbocycles. The molecule has 2 aromatic rings. The number of primary amides is 1. The van der Waals surface area contributed by atoms with E-state index in [1.807, 2.05) is 13.1 Å². The zero-order valence-electron chi connectivity index (χ0n) is 14.3. The molecular weight excluding hydrogens is 356 g/mol. The van der Waals surface area contributed by atoms with Crippen molar-refractivity contribution < 1.29 is 9.53 Å². The number of carbonyl (C=O) groups excluding carboxylic acids is 1. The molecular formula is C17H21ClN6O2. The summed E-state index contributed by atoms with van der Waals surface area (Å²) in [5.74, 6) is 0.122. The summed E-state index contributed by atoms with van der Waals surface area (Å²) in [5.41, 5.74) is 6.34. The quantitative estimate of drug-likeness (QED) is 0.607. The van der Waals surface area contributed by atoms with E-state index in [9.17, 15) is 4.79 Å². The summed E-state index contributed by atoms with van der Waals surface area (Å²) < 4.78 is 5.48. The maximum atomic E-state index is 11.7. The summed E-state index contributed by atoms with van der Waals surface area (Å²) in [6, 6.07) is 7.38. The lowest BCUT2D eigenvalue weighted by Gasteiger charge is -2.31. The van der Waals surface area contributed by atoms with Gasteiger partial charge in [0.25, 0.3) is 5.91 Å². The maximum absolute atomic E-state index is 11.7. The normalized spacial score (nSPS) is 19.8. The zero-order chi connectivity index (χ0) is 18.5. The summed E-state index contributed by atoms with van der Waals surface area (Å²) in [6.07, 6.45) is 2.24. The number of ether oxygens (including phenoxy) is 1. The standard InChI is InChI=1S/C17H21ClN6O2/c1-20-14-9-26-6-5-13(14)23-17-21-8-12(15(19)25)16(24-17)22-11-4-2-3-10(18)7-11/h2-4,7-8,13-14,20H,5-6,9H2,1H3,(H2,19,25)(H2,21,22,23,24)/t13-,14+/m1/s1. The fourth-order valence-corrected chi connectivity index (χ4v) is 2.98. The minimum atomic E-state index is -0.611. The molecule has 1 fully saturated rings. The second-order valence-electron chi connectivity index (χ2n) is 5.97. The number of hydrogen-bond donors (Lipinski definition) is 4. The van der Waals surface area contributed by atoms with Gasteiger partial charge in [-0.2, -0.15) is 4.98 Å². The number of hydrogen-bond acceptors (Lipinski definition) is 7. The molecule has 0 spiro atoms. The number of nitrogens with zero attached hydrogens (tertiary/aromatic N) is 2. The Balaban J connectivity index is 1.85. The maximum Gasteiger partial charge on any atom is 0.254 e. The van der Waals surface area contributed by atoms with Crippen molar-refractivity contribution in [1.82, 2.24) is 15.3 Å². The minimum Gasteiger partial charge on any atom is -0.380 e. The first kappa shape index (κ1) is 18.4. The second kappa shape index (κ2) is 8.31. The predicted octanol–water partition coefficient (Wildman–Crippen LogP) is 1.76. The van der Waals surface area contributed by atoms with Gasteiger partial charge < -0.3 is 26.4 Å². The van der Waals surface area contributed by atoms with Crippen molar-refractivity contribution in [3.05, 3.63) is 41.0 Å². The molecule has 2 heterocycles. The lowest BCUT2D eigenvalue weighted by Crippen LogP contribution is -2.49. The van der Waals surface area contributed by atoms with Gasteiger partial charge in [0.1, 0.15) is 11.4 Å². The Morgan fingerprint density at radius 2 is 2.23 bits per heavy atom. The number of amides is 1. The van der Waals surface area contributed by atoms with Crippen LogP contribution >= 0.6 is 11.6 Å². The first-order valence-corrected chi connectivity index (χ1v) is 8.65. The van der Waals surface area contributed by atoms with Crippen LogP contribution in [0.5, 0.6) is 0 Å². The van der Waals surface area contributed by atoms with Crippen molar-refractivity contribution in [3.63, 3.8) is 0 Å². The third-order valence-electron chi connectivity index (χ3n) is 4.18. The topological polar surface area (TPSA) is 114 Å². The molecule has 1 aromatic carbocycles. The van der Waals surface area contributed by atoms with Gasteiger partial charge in [0.15, 0.2) is 0 Å². The third-order valence-corrected chi connectivity index (χ3v) is 4.42. The smallest absolute Gasteiger partial charge is 0.254 e. The van der Waals surface area contributed by atoms with E-state index >= 15 is 0 Å². The average Bonchev–Trinajstić information content (AvgIpc) is 2.62. The van der Waals surface area contributed by atoms with Crippen molar-refractivity contribution in [2.75, 3.05) is 30.9 Å². The highest BCUT2D eigenvalue weighted by molar-refractivity contribution is 6.30. The Morgan fingerprint density at radius 3 is 2.96 bits per heavy atom. The van der Waals surface area contributed by atoms with Crippen LogP contribution in [0.25, 0.3) is 0 Å². The van der Waals surface area contributed by atoms with Crippen LogP contribution in [0.1, 0.15) is 16.8 Å². The van der Waals surface area contributed by atoms with E-state index in [0.29, 0.717) is 35.7 Å². The fourth-order valence-electron chi connectivity index (χ4n) is 2.79.